The number of amides is 2. The van der Waals surface area contributed by atoms with Gasteiger partial charge in [-0.3, -0.25) is 19.7 Å². The van der Waals surface area contributed by atoms with Crippen molar-refractivity contribution in [2.45, 2.75) is 25.2 Å². The number of amidine groups is 1. The van der Waals surface area contributed by atoms with E-state index in [4.69, 9.17) is 32.9 Å². The van der Waals surface area contributed by atoms with E-state index >= 15 is 0 Å². The lowest BCUT2D eigenvalue weighted by Gasteiger charge is -2.39. The molecule has 1 saturated heterocycles. The number of nitriles is 1. The number of urea groups is 1. The van der Waals surface area contributed by atoms with Gasteiger partial charge in [0.15, 0.2) is 0 Å². The largest absolute Gasteiger partial charge is 0.474 e. The lowest BCUT2D eigenvalue weighted by Crippen LogP contribution is -2.54. The second kappa shape index (κ2) is 14.6. The predicted octanol–water partition coefficient (Wildman–Crippen LogP) is 5.48. The number of hydrogen-bond acceptors (Lipinski definition) is 8. The summed E-state index contributed by atoms with van der Waals surface area (Å²) in [5.74, 6) is 0.931. The highest BCUT2D eigenvalue weighted by Gasteiger charge is 2.44. The lowest BCUT2D eigenvalue weighted by atomic mass is 9.93. The van der Waals surface area contributed by atoms with Crippen LogP contribution in [0.25, 0.3) is 0 Å². The van der Waals surface area contributed by atoms with Crippen LogP contribution in [0.4, 0.5) is 4.79 Å². The first-order chi connectivity index (χ1) is 22.3. The molecule has 2 amide bonds. The molecule has 3 aromatic rings. The molecule has 5 rings (SSSR count). The van der Waals surface area contributed by atoms with E-state index in [1.807, 2.05) is 56.3 Å². The summed E-state index contributed by atoms with van der Waals surface area (Å²) < 4.78 is 29.5. The Kier molecular flexibility index (Phi) is 10.8. The molecule has 0 saturated carbocycles. The summed E-state index contributed by atoms with van der Waals surface area (Å²) in [4.78, 5) is 27.3. The van der Waals surface area contributed by atoms with Crippen LogP contribution in [-0.4, -0.2) is 105 Å². The molecule has 0 spiro atoms. The zero-order chi connectivity index (χ0) is 33.9. The average molecular weight is 698 g/mol. The van der Waals surface area contributed by atoms with E-state index in [0.29, 0.717) is 65.5 Å². The number of sulfone groups is 1. The van der Waals surface area contributed by atoms with Crippen LogP contribution in [0.2, 0.25) is 10.0 Å². The van der Waals surface area contributed by atoms with Crippen molar-refractivity contribution in [3.05, 3.63) is 99.0 Å². The quantitative estimate of drug-likeness (QED) is 0.273. The van der Waals surface area contributed by atoms with E-state index in [2.05, 4.69) is 11.0 Å². The molecule has 1 unspecified atom stereocenters. The van der Waals surface area contributed by atoms with Crippen molar-refractivity contribution in [2.24, 2.45) is 4.99 Å². The number of aliphatic imine (C=N–C) groups is 1. The minimum Gasteiger partial charge on any atom is -0.474 e. The number of halogens is 2. The van der Waals surface area contributed by atoms with Gasteiger partial charge in [0.25, 0.3) is 0 Å². The zero-order valence-electron chi connectivity index (χ0n) is 26.8. The molecule has 0 radical (unpaired) electrons. The summed E-state index contributed by atoms with van der Waals surface area (Å²) in [6, 6.07) is 21.1. The van der Waals surface area contributed by atoms with Gasteiger partial charge in [0.1, 0.15) is 39.8 Å². The Morgan fingerprint density at radius 3 is 2.15 bits per heavy atom. The van der Waals surface area contributed by atoms with Gasteiger partial charge in [-0.1, -0.05) is 47.5 Å². The Hall–Kier alpha value is -3.66. The maximum absolute atomic E-state index is 14.6. The van der Waals surface area contributed by atoms with Gasteiger partial charge in [-0.2, -0.15) is 5.26 Å². The zero-order valence-corrected chi connectivity index (χ0v) is 29.1. The van der Waals surface area contributed by atoms with Crippen molar-refractivity contribution in [2.75, 3.05) is 58.8 Å². The topological polar surface area (TPSA) is 110 Å². The summed E-state index contributed by atoms with van der Waals surface area (Å²) in [7, 11) is 0.681. The lowest BCUT2D eigenvalue weighted by molar-refractivity contribution is 0.0812. The summed E-state index contributed by atoms with van der Waals surface area (Å²) in [6.45, 7) is 4.24. The number of nitrogens with zero attached hydrogens (tertiary/aromatic N) is 6. The van der Waals surface area contributed by atoms with Crippen molar-refractivity contribution >= 4 is 44.9 Å². The minimum absolute atomic E-state index is 0.0690. The van der Waals surface area contributed by atoms with Crippen molar-refractivity contribution in [3.63, 3.8) is 0 Å². The van der Waals surface area contributed by atoms with E-state index in [1.54, 1.807) is 46.2 Å². The van der Waals surface area contributed by atoms with Crippen LogP contribution in [0.5, 0.6) is 5.75 Å². The van der Waals surface area contributed by atoms with Crippen molar-refractivity contribution in [3.8, 4) is 11.8 Å². The second-order valence-electron chi connectivity index (χ2n) is 12.1. The summed E-state index contributed by atoms with van der Waals surface area (Å²) in [5, 5.41) is 11.3. The highest BCUT2D eigenvalue weighted by Crippen LogP contribution is 2.45. The summed E-state index contributed by atoms with van der Waals surface area (Å²) in [5.41, 5.74) is 2.63. The first-order valence-corrected chi connectivity index (χ1v) is 18.1. The predicted molar refractivity (Wildman–Crippen MR) is 185 cm³/mol. The van der Waals surface area contributed by atoms with Crippen LogP contribution in [-0.2, 0) is 9.84 Å². The summed E-state index contributed by atoms with van der Waals surface area (Å²) in [6.07, 6.45) is 0.961. The first kappa shape index (κ1) is 34.7. The van der Waals surface area contributed by atoms with E-state index in [0.717, 1.165) is 11.1 Å². The fraction of sp³-hybridized carbons (Fsp3) is 0.382. The molecule has 0 bridgehead atoms. The molecule has 2 aliphatic heterocycles. The maximum Gasteiger partial charge on any atom is 0.326 e. The number of carbonyl (C=O) groups excluding carboxylic acids is 1. The number of benzene rings is 3. The Morgan fingerprint density at radius 1 is 1.00 bits per heavy atom. The van der Waals surface area contributed by atoms with Gasteiger partial charge in [0.2, 0.25) is 0 Å². The van der Waals surface area contributed by atoms with Gasteiger partial charge in [-0.15, -0.1) is 0 Å². The summed E-state index contributed by atoms with van der Waals surface area (Å²) >= 11 is 12.5. The third kappa shape index (κ3) is 8.26. The molecular weight excluding hydrogens is 659 g/mol. The molecule has 0 aliphatic carbocycles. The molecule has 10 nitrogen and oxygen atoms in total. The van der Waals surface area contributed by atoms with Gasteiger partial charge in [-0.25, -0.2) is 13.2 Å². The second-order valence-corrected chi connectivity index (χ2v) is 15.2. The Balaban J connectivity index is 1.56. The first-order valence-electron chi connectivity index (χ1n) is 15.3. The standard InChI is InChI=1S/C34H38Cl2N6O4S/c1-23(39(2)3)46-30-14-9-26(21-27(30)22-37)33-38-31(24-5-10-28(35)11-6-24)32(25-7-12-29(36)13-8-25)42(33)34(43)41-17-15-40(16-18-41)19-20-47(4,44)45/h5-14,21,23,31-32H,15-20H2,1-4H3/t23?,31-,32+/m0/s1. The molecule has 2 heterocycles. The molecular formula is C34H38Cl2N6O4S. The Labute approximate surface area is 286 Å². The fourth-order valence-corrected chi connectivity index (χ4v) is 6.47. The minimum atomic E-state index is -3.10. The number of carbonyl (C=O) groups is 1. The molecule has 3 aromatic carbocycles. The van der Waals surface area contributed by atoms with E-state index in [-0.39, 0.29) is 18.0 Å². The SMILES string of the molecule is CC(Oc1ccc(C2=N[C@@H](c3ccc(Cl)cc3)[C@@H](c3ccc(Cl)cc3)N2C(=O)N2CCN(CCS(C)(=O)=O)CC2)cc1C#N)N(C)C. The average Bonchev–Trinajstić information content (AvgIpc) is 3.44. The molecule has 3 atom stereocenters. The fourth-order valence-electron chi connectivity index (χ4n) is 5.63. The van der Waals surface area contributed by atoms with Gasteiger partial charge in [0.05, 0.1) is 17.4 Å². The van der Waals surface area contributed by atoms with Gasteiger partial charge < -0.3 is 9.64 Å². The normalized spacial score (nSPS) is 19.4. The third-order valence-corrected chi connectivity index (χ3v) is 9.93. The molecule has 2 aliphatic rings. The van der Waals surface area contributed by atoms with Gasteiger partial charge in [-0.05, 0) is 74.6 Å². The third-order valence-electron chi connectivity index (χ3n) is 8.50. The Bertz CT molecular complexity index is 1770. The highest BCUT2D eigenvalue weighted by atomic mass is 35.5. The number of rotatable bonds is 9. The van der Waals surface area contributed by atoms with Crippen LogP contribution in [0, 0.1) is 11.3 Å². The molecule has 1 fully saturated rings. The number of piperazine rings is 1. The molecule has 0 N–H and O–H groups in total. The Morgan fingerprint density at radius 2 is 1.60 bits per heavy atom. The van der Waals surface area contributed by atoms with Crippen LogP contribution in [0.15, 0.2) is 71.7 Å². The van der Waals surface area contributed by atoms with Gasteiger partial charge in [0, 0.05) is 54.6 Å². The van der Waals surface area contributed by atoms with Crippen LogP contribution in [0.1, 0.15) is 41.3 Å². The molecule has 13 heteroatoms. The monoisotopic (exact) mass is 696 g/mol. The van der Waals surface area contributed by atoms with E-state index in [9.17, 15) is 18.5 Å². The van der Waals surface area contributed by atoms with Crippen molar-refractivity contribution in [1.29, 1.82) is 5.26 Å². The molecule has 0 aromatic heterocycles. The smallest absolute Gasteiger partial charge is 0.326 e. The molecule has 248 valence electrons. The number of ether oxygens (including phenoxy) is 1. The van der Waals surface area contributed by atoms with Gasteiger partial charge >= 0.3 is 6.03 Å². The van der Waals surface area contributed by atoms with Crippen LogP contribution in [0.3, 0.4) is 0 Å². The van der Waals surface area contributed by atoms with E-state index < -0.39 is 21.9 Å². The number of hydrogen-bond donors (Lipinski definition) is 0. The van der Waals surface area contributed by atoms with Crippen LogP contribution < -0.4 is 4.74 Å². The maximum atomic E-state index is 14.6. The molecule has 47 heavy (non-hydrogen) atoms. The van der Waals surface area contributed by atoms with Crippen molar-refractivity contribution < 1.29 is 17.9 Å². The van der Waals surface area contributed by atoms with Crippen LogP contribution >= 0.6 is 23.2 Å². The van der Waals surface area contributed by atoms with E-state index in [1.165, 1.54) is 6.26 Å². The van der Waals surface area contributed by atoms with Crippen molar-refractivity contribution in [1.82, 2.24) is 19.6 Å². The highest BCUT2D eigenvalue weighted by molar-refractivity contribution is 7.90.